The van der Waals surface area contributed by atoms with Crippen molar-refractivity contribution in [2.75, 3.05) is 0 Å². The number of carbonyl (C=O) groups is 1. The summed E-state index contributed by atoms with van der Waals surface area (Å²) < 4.78 is 15.2. The summed E-state index contributed by atoms with van der Waals surface area (Å²) in [5.41, 5.74) is 3.78. The van der Waals surface area contributed by atoms with Gasteiger partial charge >= 0.3 is 0 Å². The van der Waals surface area contributed by atoms with Crippen molar-refractivity contribution in [2.45, 2.75) is 17.3 Å². The van der Waals surface area contributed by atoms with Gasteiger partial charge in [-0.2, -0.15) is 4.98 Å². The van der Waals surface area contributed by atoms with Crippen LogP contribution in [0.4, 0.5) is 4.39 Å². The third-order valence-corrected chi connectivity index (χ3v) is 6.72. The highest BCUT2D eigenvalue weighted by Gasteiger charge is 2.14. The second kappa shape index (κ2) is 11.1. The van der Waals surface area contributed by atoms with Gasteiger partial charge in [0.1, 0.15) is 12.1 Å². The van der Waals surface area contributed by atoms with E-state index in [2.05, 4.69) is 15.0 Å². The smallest absolute Gasteiger partial charge is 0.277 e. The summed E-state index contributed by atoms with van der Waals surface area (Å²) in [5, 5.41) is 0.490. The fraction of sp³-hybridized carbons (Fsp3) is 0.0690. The lowest BCUT2D eigenvalue weighted by Gasteiger charge is -2.14. The number of hydrogen-bond acceptors (Lipinski definition) is 6. The lowest BCUT2D eigenvalue weighted by molar-refractivity contribution is 0.103. The van der Waals surface area contributed by atoms with Gasteiger partial charge in [-0.05, 0) is 47.5 Å². The van der Waals surface area contributed by atoms with Crippen molar-refractivity contribution >= 4 is 17.5 Å². The Labute approximate surface area is 216 Å². The molecule has 0 unspecified atom stereocenters. The van der Waals surface area contributed by atoms with Crippen LogP contribution in [0.15, 0.2) is 114 Å². The molecule has 0 spiro atoms. The zero-order chi connectivity index (χ0) is 25.6. The zero-order valence-corrected chi connectivity index (χ0v) is 20.4. The molecule has 6 nitrogen and oxygen atoms in total. The number of rotatable bonds is 8. The maximum absolute atomic E-state index is 13.3. The van der Waals surface area contributed by atoms with E-state index in [1.165, 1.54) is 30.2 Å². The van der Waals surface area contributed by atoms with E-state index in [1.54, 1.807) is 55.0 Å². The summed E-state index contributed by atoms with van der Waals surface area (Å²) in [4.78, 5) is 38.2. The molecule has 0 saturated heterocycles. The molecule has 0 radical (unpaired) electrons. The number of carbonyl (C=O) groups excluding carboxylic acids is 1. The molecule has 5 rings (SSSR count). The monoisotopic (exact) mass is 508 g/mol. The first-order valence-corrected chi connectivity index (χ1v) is 12.5. The van der Waals surface area contributed by atoms with E-state index < -0.39 is 0 Å². The van der Waals surface area contributed by atoms with Crippen molar-refractivity contribution in [2.24, 2.45) is 0 Å². The summed E-state index contributed by atoms with van der Waals surface area (Å²) in [7, 11) is 0. The van der Waals surface area contributed by atoms with E-state index in [9.17, 15) is 14.0 Å². The van der Waals surface area contributed by atoms with Crippen molar-refractivity contribution in [1.82, 2.24) is 19.5 Å². The molecule has 0 amide bonds. The molecular formula is C29H21FN4O2S. The van der Waals surface area contributed by atoms with Crippen LogP contribution in [0, 0.1) is 5.82 Å². The van der Waals surface area contributed by atoms with Crippen molar-refractivity contribution in [3.63, 3.8) is 0 Å². The molecular weight excluding hydrogens is 487 g/mol. The number of thioether (sulfide) groups is 1. The predicted octanol–water partition coefficient (Wildman–Crippen LogP) is 5.28. The average molecular weight is 509 g/mol. The first-order valence-electron chi connectivity index (χ1n) is 11.5. The highest BCUT2D eigenvalue weighted by atomic mass is 32.2. The van der Waals surface area contributed by atoms with Crippen LogP contribution in [0.2, 0.25) is 0 Å². The van der Waals surface area contributed by atoms with Crippen LogP contribution >= 0.6 is 11.8 Å². The normalized spacial score (nSPS) is 10.8. The minimum absolute atomic E-state index is 0.0687. The van der Waals surface area contributed by atoms with E-state index in [4.69, 9.17) is 0 Å². The van der Waals surface area contributed by atoms with Crippen LogP contribution in [0.25, 0.3) is 5.69 Å². The number of benzene rings is 3. The maximum Gasteiger partial charge on any atom is 0.277 e. The molecule has 0 bridgehead atoms. The van der Waals surface area contributed by atoms with Gasteiger partial charge in [-0.3, -0.25) is 14.2 Å². The van der Waals surface area contributed by atoms with Gasteiger partial charge < -0.3 is 0 Å². The Morgan fingerprint density at radius 2 is 1.51 bits per heavy atom. The van der Waals surface area contributed by atoms with Crippen LogP contribution in [0.1, 0.15) is 32.6 Å². The molecule has 37 heavy (non-hydrogen) atoms. The fourth-order valence-corrected chi connectivity index (χ4v) is 4.72. The molecule has 0 atom stereocenters. The van der Waals surface area contributed by atoms with Crippen LogP contribution in [0.5, 0.6) is 0 Å². The van der Waals surface area contributed by atoms with Crippen LogP contribution in [-0.2, 0) is 12.2 Å². The molecule has 3 aromatic carbocycles. The van der Waals surface area contributed by atoms with E-state index in [-0.39, 0.29) is 17.2 Å². The lowest BCUT2D eigenvalue weighted by Crippen LogP contribution is -2.19. The van der Waals surface area contributed by atoms with E-state index in [0.717, 1.165) is 16.8 Å². The van der Waals surface area contributed by atoms with Crippen LogP contribution < -0.4 is 5.56 Å². The van der Waals surface area contributed by atoms with Crippen LogP contribution in [-0.4, -0.2) is 25.3 Å². The summed E-state index contributed by atoms with van der Waals surface area (Å²) >= 11 is 1.38. The largest absolute Gasteiger partial charge is 0.296 e. The third kappa shape index (κ3) is 5.87. The highest BCUT2D eigenvalue weighted by Crippen LogP contribution is 2.24. The van der Waals surface area contributed by atoms with Gasteiger partial charge in [0, 0.05) is 53.1 Å². The number of nitrogens with zero attached hydrogens (tertiary/aromatic N) is 4. The third-order valence-electron chi connectivity index (χ3n) is 5.70. The standard InChI is InChI=1S/C29H21FN4O2S/c30-25-10-6-20(7-11-25)18-37-29-33-28(36)24(14-21-15-31-19-32-16-21)17-34(29)26-12-8-23(9-13-26)27(35)22-4-2-1-3-5-22/h1-13,15-17,19H,14,18H2. The average Bonchev–Trinajstić information content (AvgIpc) is 2.95. The minimum Gasteiger partial charge on any atom is -0.296 e. The second-order valence-electron chi connectivity index (χ2n) is 8.30. The number of ketones is 1. The van der Waals surface area contributed by atoms with Crippen molar-refractivity contribution in [1.29, 1.82) is 0 Å². The molecule has 0 N–H and O–H groups in total. The molecule has 2 aromatic heterocycles. The fourth-order valence-electron chi connectivity index (χ4n) is 3.79. The van der Waals surface area contributed by atoms with Gasteiger partial charge in [-0.1, -0.05) is 54.2 Å². The molecule has 8 heteroatoms. The first kappa shape index (κ1) is 24.3. The van der Waals surface area contributed by atoms with Crippen molar-refractivity contribution < 1.29 is 9.18 Å². The summed E-state index contributed by atoms with van der Waals surface area (Å²) in [5.74, 6) is 0.132. The summed E-state index contributed by atoms with van der Waals surface area (Å²) in [6.45, 7) is 0. The Morgan fingerprint density at radius 1 is 0.838 bits per heavy atom. The van der Waals surface area contributed by atoms with E-state index in [0.29, 0.717) is 34.0 Å². The van der Waals surface area contributed by atoms with Crippen molar-refractivity contribution in [3.8, 4) is 5.69 Å². The maximum atomic E-state index is 13.3. The van der Waals surface area contributed by atoms with Gasteiger partial charge in [0.25, 0.3) is 5.56 Å². The number of halogens is 1. The number of hydrogen-bond donors (Lipinski definition) is 0. The summed E-state index contributed by atoms with van der Waals surface area (Å²) in [6, 6.07) is 22.5. The van der Waals surface area contributed by atoms with Gasteiger partial charge in [-0.15, -0.1) is 0 Å². The van der Waals surface area contributed by atoms with Gasteiger partial charge in [0.15, 0.2) is 10.9 Å². The minimum atomic E-state index is -0.336. The highest BCUT2D eigenvalue weighted by molar-refractivity contribution is 7.98. The van der Waals surface area contributed by atoms with E-state index >= 15 is 0 Å². The molecule has 0 aliphatic rings. The molecule has 5 aromatic rings. The second-order valence-corrected chi connectivity index (χ2v) is 9.25. The zero-order valence-electron chi connectivity index (χ0n) is 19.6. The Hall–Kier alpha value is -4.43. The molecule has 182 valence electrons. The predicted molar refractivity (Wildman–Crippen MR) is 141 cm³/mol. The Morgan fingerprint density at radius 3 is 2.22 bits per heavy atom. The first-order chi connectivity index (χ1) is 18.1. The van der Waals surface area contributed by atoms with Gasteiger partial charge in [0.05, 0.1) is 0 Å². The van der Waals surface area contributed by atoms with Gasteiger partial charge in [-0.25, -0.2) is 14.4 Å². The Kier molecular flexibility index (Phi) is 7.28. The van der Waals surface area contributed by atoms with Crippen molar-refractivity contribution in [3.05, 3.63) is 148 Å². The number of aromatic nitrogens is 4. The van der Waals surface area contributed by atoms with Crippen LogP contribution in [0.3, 0.4) is 0 Å². The SMILES string of the molecule is O=C(c1ccccc1)c1ccc(-n2cc(Cc3cncnc3)c(=O)nc2SCc2ccc(F)cc2)cc1. The topological polar surface area (TPSA) is 77.7 Å². The lowest BCUT2D eigenvalue weighted by atomic mass is 10.0. The molecule has 2 heterocycles. The Balaban J connectivity index is 1.49. The van der Waals surface area contributed by atoms with Gasteiger partial charge in [0.2, 0.25) is 0 Å². The summed E-state index contributed by atoms with van der Waals surface area (Å²) in [6.07, 6.45) is 6.87. The molecule has 0 aliphatic heterocycles. The Bertz CT molecular complexity index is 1570. The quantitative estimate of drug-likeness (QED) is 0.161. The molecule has 0 fully saturated rings. The molecule has 0 aliphatic carbocycles. The molecule has 0 saturated carbocycles. The van der Waals surface area contributed by atoms with E-state index in [1.807, 2.05) is 34.9 Å².